The Morgan fingerprint density at radius 1 is 1.17 bits per heavy atom. The number of carbonyl (C=O) groups excluding carboxylic acids is 1. The number of rotatable bonds is 8. The number of aromatic nitrogens is 1. The van der Waals surface area contributed by atoms with Gasteiger partial charge >= 0.3 is 0 Å². The minimum absolute atomic E-state index is 0.151. The summed E-state index contributed by atoms with van der Waals surface area (Å²) in [5.41, 5.74) is 2.77. The topological polar surface area (TPSA) is 79.4 Å². The molecule has 0 radical (unpaired) electrons. The number of nitrogens with one attached hydrogen (secondary N) is 1. The quantitative estimate of drug-likeness (QED) is 0.583. The highest BCUT2D eigenvalue weighted by atomic mass is 35.5. The summed E-state index contributed by atoms with van der Waals surface area (Å²) in [6, 6.07) is 7.01. The molecule has 0 aliphatic carbocycles. The van der Waals surface area contributed by atoms with Crippen LogP contribution in [0.5, 0.6) is 0 Å². The molecule has 1 amide bonds. The molecule has 2 heterocycles. The maximum atomic E-state index is 12.6. The fourth-order valence-electron chi connectivity index (χ4n) is 3.46. The van der Waals surface area contributed by atoms with E-state index in [-0.39, 0.29) is 16.6 Å². The molecule has 0 saturated carbocycles. The average Bonchev–Trinajstić information content (AvgIpc) is 3.29. The number of hydrogen-bond donors (Lipinski definition) is 1. The lowest BCUT2D eigenvalue weighted by Crippen LogP contribution is -2.27. The summed E-state index contributed by atoms with van der Waals surface area (Å²) >= 11 is 7.56. The lowest BCUT2D eigenvalue weighted by molar-refractivity contribution is -0.113. The van der Waals surface area contributed by atoms with Gasteiger partial charge in [0.2, 0.25) is 15.9 Å². The Morgan fingerprint density at radius 2 is 1.90 bits per heavy atom. The van der Waals surface area contributed by atoms with Crippen molar-refractivity contribution in [1.29, 1.82) is 0 Å². The minimum Gasteiger partial charge on any atom is -0.325 e. The zero-order valence-electron chi connectivity index (χ0n) is 17.2. The summed E-state index contributed by atoms with van der Waals surface area (Å²) in [7, 11) is -3.48. The molecule has 30 heavy (non-hydrogen) atoms. The second-order valence-electron chi connectivity index (χ2n) is 7.05. The van der Waals surface area contributed by atoms with Crippen LogP contribution in [0.4, 0.5) is 5.69 Å². The lowest BCUT2D eigenvalue weighted by Gasteiger charge is -2.16. The van der Waals surface area contributed by atoms with E-state index in [9.17, 15) is 13.2 Å². The van der Waals surface area contributed by atoms with Gasteiger partial charge in [-0.1, -0.05) is 43.3 Å². The number of halogens is 1. The Kier molecular flexibility index (Phi) is 7.79. The maximum Gasteiger partial charge on any atom is 0.244 e. The number of carbonyl (C=O) groups is 1. The van der Waals surface area contributed by atoms with Crippen LogP contribution in [0.1, 0.15) is 37.8 Å². The first-order valence-electron chi connectivity index (χ1n) is 10.1. The van der Waals surface area contributed by atoms with E-state index in [4.69, 9.17) is 11.6 Å². The number of thioether (sulfide) groups is 1. The van der Waals surface area contributed by atoms with Crippen LogP contribution < -0.4 is 5.32 Å². The summed E-state index contributed by atoms with van der Waals surface area (Å²) < 4.78 is 26.6. The van der Waals surface area contributed by atoms with E-state index in [0.29, 0.717) is 23.1 Å². The first kappa shape index (κ1) is 23.1. The third kappa shape index (κ3) is 5.17. The number of aryl methyl sites for hydroxylation is 1. The molecule has 0 atom stereocenters. The van der Waals surface area contributed by atoms with E-state index in [2.05, 4.69) is 10.3 Å². The third-order valence-electron chi connectivity index (χ3n) is 5.10. The predicted molar refractivity (Wildman–Crippen MR) is 122 cm³/mol. The van der Waals surface area contributed by atoms with Crippen molar-refractivity contribution in [3.8, 4) is 0 Å². The zero-order valence-corrected chi connectivity index (χ0v) is 19.5. The molecule has 1 N–H and O–H groups in total. The molecule has 1 aliphatic rings. The SMILES string of the molecule is CCc1ccc(Cl)c(CC)c1NC(=O)CSc1ccc(S(=O)(=O)N2CCCC2)cn1. The first-order chi connectivity index (χ1) is 14.4. The van der Waals surface area contributed by atoms with Crippen LogP contribution in [0.15, 0.2) is 40.4 Å². The number of hydrogen-bond acceptors (Lipinski definition) is 5. The van der Waals surface area contributed by atoms with Gasteiger partial charge in [0, 0.05) is 30.0 Å². The molecule has 1 saturated heterocycles. The number of anilines is 1. The molecule has 2 aromatic rings. The van der Waals surface area contributed by atoms with Gasteiger partial charge in [0.15, 0.2) is 0 Å². The fraction of sp³-hybridized carbons (Fsp3) is 0.429. The summed E-state index contributed by atoms with van der Waals surface area (Å²) in [6.07, 6.45) is 4.67. The standard InChI is InChI=1S/C21H26ClN3O3S2/c1-3-15-7-9-18(22)17(4-2)21(15)24-19(26)14-29-20-10-8-16(13-23-20)30(27,28)25-11-5-6-12-25/h7-10,13H,3-6,11-12,14H2,1-2H3,(H,24,26). The van der Waals surface area contributed by atoms with Crippen LogP contribution in [0.2, 0.25) is 5.02 Å². The van der Waals surface area contributed by atoms with Crippen molar-refractivity contribution in [3.63, 3.8) is 0 Å². The van der Waals surface area contributed by atoms with Crippen molar-refractivity contribution >= 4 is 45.0 Å². The van der Waals surface area contributed by atoms with Gasteiger partial charge < -0.3 is 5.32 Å². The van der Waals surface area contributed by atoms with Crippen molar-refractivity contribution in [2.75, 3.05) is 24.2 Å². The number of amides is 1. The molecule has 0 unspecified atom stereocenters. The molecule has 162 valence electrons. The molecular weight excluding hydrogens is 442 g/mol. The molecule has 0 bridgehead atoms. The molecule has 9 heteroatoms. The van der Waals surface area contributed by atoms with Gasteiger partial charge in [0.05, 0.1) is 10.8 Å². The fourth-order valence-corrected chi connectivity index (χ4v) is 5.86. The van der Waals surface area contributed by atoms with Crippen molar-refractivity contribution in [1.82, 2.24) is 9.29 Å². The van der Waals surface area contributed by atoms with Crippen LogP contribution in [0.3, 0.4) is 0 Å². The summed E-state index contributed by atoms with van der Waals surface area (Å²) in [5, 5.41) is 4.24. The highest BCUT2D eigenvalue weighted by Gasteiger charge is 2.27. The summed E-state index contributed by atoms with van der Waals surface area (Å²) in [4.78, 5) is 17.0. The summed E-state index contributed by atoms with van der Waals surface area (Å²) in [6.45, 7) is 5.16. The Bertz CT molecular complexity index is 1000. The van der Waals surface area contributed by atoms with Gasteiger partial charge in [-0.25, -0.2) is 13.4 Å². The largest absolute Gasteiger partial charge is 0.325 e. The minimum atomic E-state index is -3.48. The average molecular weight is 468 g/mol. The molecular formula is C21H26ClN3O3S2. The zero-order chi connectivity index (χ0) is 21.7. The Labute approximate surface area is 187 Å². The lowest BCUT2D eigenvalue weighted by atomic mass is 10.0. The monoisotopic (exact) mass is 467 g/mol. The Morgan fingerprint density at radius 3 is 2.50 bits per heavy atom. The van der Waals surface area contributed by atoms with E-state index in [1.807, 2.05) is 26.0 Å². The van der Waals surface area contributed by atoms with E-state index >= 15 is 0 Å². The highest BCUT2D eigenvalue weighted by molar-refractivity contribution is 7.99. The number of pyridine rings is 1. The second kappa shape index (κ2) is 10.1. The maximum absolute atomic E-state index is 12.6. The van der Waals surface area contributed by atoms with Gasteiger partial charge in [0.25, 0.3) is 0 Å². The molecule has 1 aromatic heterocycles. The van der Waals surface area contributed by atoms with Gasteiger partial charge in [-0.3, -0.25) is 4.79 Å². The molecule has 0 spiro atoms. The van der Waals surface area contributed by atoms with Crippen molar-refractivity contribution in [3.05, 3.63) is 46.6 Å². The van der Waals surface area contributed by atoms with Crippen LogP contribution >= 0.6 is 23.4 Å². The molecule has 1 aliphatic heterocycles. The molecule has 1 fully saturated rings. The predicted octanol–water partition coefficient (Wildman–Crippen LogP) is 4.38. The first-order valence-corrected chi connectivity index (χ1v) is 12.9. The van der Waals surface area contributed by atoms with Crippen LogP contribution in [0.25, 0.3) is 0 Å². The van der Waals surface area contributed by atoms with Crippen molar-refractivity contribution < 1.29 is 13.2 Å². The molecule has 3 rings (SSSR count). The van der Waals surface area contributed by atoms with Crippen LogP contribution in [-0.2, 0) is 27.7 Å². The van der Waals surface area contributed by atoms with E-state index in [1.54, 1.807) is 12.1 Å². The van der Waals surface area contributed by atoms with Gasteiger partial charge in [0.1, 0.15) is 4.90 Å². The molecule has 6 nitrogen and oxygen atoms in total. The Balaban J connectivity index is 1.64. The van der Waals surface area contributed by atoms with E-state index < -0.39 is 10.0 Å². The normalized spacial score (nSPS) is 14.8. The van der Waals surface area contributed by atoms with Crippen LogP contribution in [0, 0.1) is 0 Å². The van der Waals surface area contributed by atoms with E-state index in [0.717, 1.165) is 42.5 Å². The van der Waals surface area contributed by atoms with Crippen molar-refractivity contribution in [2.45, 2.75) is 49.5 Å². The second-order valence-corrected chi connectivity index (χ2v) is 10.4. The summed E-state index contributed by atoms with van der Waals surface area (Å²) in [5.74, 6) is 0.0200. The smallest absolute Gasteiger partial charge is 0.244 e. The van der Waals surface area contributed by atoms with Crippen LogP contribution in [-0.4, -0.2) is 42.5 Å². The van der Waals surface area contributed by atoms with Gasteiger partial charge in [-0.15, -0.1) is 0 Å². The highest BCUT2D eigenvalue weighted by Crippen LogP contribution is 2.30. The van der Waals surface area contributed by atoms with Crippen molar-refractivity contribution in [2.24, 2.45) is 0 Å². The number of benzene rings is 1. The van der Waals surface area contributed by atoms with Gasteiger partial charge in [-0.05, 0) is 55.0 Å². The van der Waals surface area contributed by atoms with Gasteiger partial charge in [-0.2, -0.15) is 4.31 Å². The number of sulfonamides is 1. The number of nitrogens with zero attached hydrogens (tertiary/aromatic N) is 2. The third-order valence-corrected chi connectivity index (χ3v) is 8.28. The molecule has 1 aromatic carbocycles. The Hall–Kier alpha value is -1.61. The van der Waals surface area contributed by atoms with E-state index in [1.165, 1.54) is 22.3 Å².